The van der Waals surface area contributed by atoms with Crippen LogP contribution in [0.4, 0.5) is 0 Å². The van der Waals surface area contributed by atoms with E-state index in [1.807, 2.05) is 30.3 Å². The van der Waals surface area contributed by atoms with Gasteiger partial charge < -0.3 is 0 Å². The summed E-state index contributed by atoms with van der Waals surface area (Å²) in [4.78, 5) is 12.4. The van der Waals surface area contributed by atoms with Crippen molar-refractivity contribution < 1.29 is 4.79 Å². The van der Waals surface area contributed by atoms with E-state index in [0.29, 0.717) is 11.1 Å². The van der Waals surface area contributed by atoms with E-state index >= 15 is 0 Å². The Morgan fingerprint density at radius 3 is 2.82 bits per heavy atom. The van der Waals surface area contributed by atoms with Gasteiger partial charge in [-0.15, -0.1) is 0 Å². The first-order valence-electron chi connectivity index (χ1n) is 5.18. The molecule has 0 bridgehead atoms. The van der Waals surface area contributed by atoms with Gasteiger partial charge in [-0.3, -0.25) is 0 Å². The van der Waals surface area contributed by atoms with Gasteiger partial charge in [-0.05, 0) is 0 Å². The van der Waals surface area contributed by atoms with Crippen LogP contribution in [-0.2, 0) is 4.33 Å². The van der Waals surface area contributed by atoms with E-state index in [4.69, 9.17) is 23.2 Å². The molecule has 1 aliphatic heterocycles. The molecule has 0 N–H and O–H groups in total. The van der Waals surface area contributed by atoms with Crippen LogP contribution in [0.15, 0.2) is 45.6 Å². The number of carbonyl (C=O) groups is 1. The Labute approximate surface area is 120 Å². The summed E-state index contributed by atoms with van der Waals surface area (Å²) < 4.78 is 0.824. The fraction of sp³-hybridized carbons (Fsp3) is 0.154. The molecule has 4 heteroatoms. The second kappa shape index (κ2) is 4.14. The van der Waals surface area contributed by atoms with Crippen molar-refractivity contribution in [1.29, 1.82) is 0 Å². The van der Waals surface area contributed by atoms with Crippen molar-refractivity contribution in [1.82, 2.24) is 0 Å². The van der Waals surface area contributed by atoms with Gasteiger partial charge in [0.25, 0.3) is 0 Å². The fourth-order valence-electron chi connectivity index (χ4n) is 2.11. The molecule has 0 radical (unpaired) electrons. The van der Waals surface area contributed by atoms with Crippen LogP contribution in [0.3, 0.4) is 0 Å². The molecule has 2 aliphatic rings. The van der Waals surface area contributed by atoms with Crippen LogP contribution >= 0.6 is 23.2 Å². The molecule has 0 saturated heterocycles. The molecule has 3 rings (SSSR count). The number of carbonyl (C=O) groups excluding carboxylic acids is 1. The molecule has 0 unspecified atom stereocenters. The summed E-state index contributed by atoms with van der Waals surface area (Å²) in [5, 5.41) is 0. The number of fused-ring (bicyclic) bond motifs is 1. The summed E-state index contributed by atoms with van der Waals surface area (Å²) in [6, 6.07) is 7.36. The summed E-state index contributed by atoms with van der Waals surface area (Å²) >= 11 is 12.4. The number of hydrogen-bond acceptors (Lipinski definition) is 1. The van der Waals surface area contributed by atoms with Crippen molar-refractivity contribution >= 4 is 49.9 Å². The first-order chi connectivity index (χ1) is 8.12. The molecule has 0 saturated carbocycles. The van der Waals surface area contributed by atoms with Crippen LogP contribution < -0.4 is 0 Å². The van der Waals surface area contributed by atoms with Crippen LogP contribution in [0.2, 0.25) is 4.47 Å². The Morgan fingerprint density at radius 1 is 1.24 bits per heavy atom. The fourth-order valence-corrected chi connectivity index (χ4v) is 5.89. The van der Waals surface area contributed by atoms with Crippen LogP contribution in [0, 0.1) is 0 Å². The van der Waals surface area contributed by atoms with Gasteiger partial charge in [-0.2, -0.15) is 0 Å². The molecule has 1 heterocycles. The van der Waals surface area contributed by atoms with Crippen molar-refractivity contribution in [2.75, 3.05) is 0 Å². The molecular formula is C13H8Cl2OTe. The average molecular weight is 379 g/mol. The van der Waals surface area contributed by atoms with Gasteiger partial charge >= 0.3 is 120 Å². The zero-order chi connectivity index (χ0) is 12.0. The molecule has 0 aromatic heterocycles. The number of alkyl halides is 2. The third kappa shape index (κ3) is 1.71. The summed E-state index contributed by atoms with van der Waals surface area (Å²) in [6.07, 6.45) is 3.99. The van der Waals surface area contributed by atoms with E-state index in [1.165, 1.54) is 0 Å². The van der Waals surface area contributed by atoms with Crippen molar-refractivity contribution in [2.45, 2.75) is 8.80 Å². The third-order valence-electron chi connectivity index (χ3n) is 2.91. The normalized spacial score (nSPS) is 21.2. The van der Waals surface area contributed by atoms with Gasteiger partial charge in [0.05, 0.1) is 0 Å². The van der Waals surface area contributed by atoms with Crippen LogP contribution in [0.25, 0.3) is 0 Å². The molecule has 1 aliphatic carbocycles. The Balaban J connectivity index is 2.30. The summed E-state index contributed by atoms with van der Waals surface area (Å²) in [5.74, 6) is 0.124. The number of Topliss-reactive ketones (excluding diaryl/α,β-unsaturated/α-hetero) is 1. The number of rotatable bonds is 0. The average Bonchev–Trinajstić information content (AvgIpc) is 2.37. The molecule has 86 valence electrons. The number of allylic oxidation sites excluding steroid dienone is 4. The minimum atomic E-state index is -1.07. The molecule has 0 atom stereocenters. The van der Waals surface area contributed by atoms with Gasteiger partial charge in [0.1, 0.15) is 0 Å². The van der Waals surface area contributed by atoms with E-state index in [9.17, 15) is 4.79 Å². The second-order valence-corrected chi connectivity index (χ2v) is 8.17. The Hall–Kier alpha value is -0.260. The topological polar surface area (TPSA) is 17.1 Å². The first-order valence-corrected chi connectivity index (χ1v) is 8.75. The van der Waals surface area contributed by atoms with Gasteiger partial charge in [0.2, 0.25) is 0 Å². The van der Waals surface area contributed by atoms with Crippen LogP contribution in [0.5, 0.6) is 0 Å². The Bertz CT molecular complexity index is 573. The van der Waals surface area contributed by atoms with E-state index in [0.717, 1.165) is 13.7 Å². The summed E-state index contributed by atoms with van der Waals surface area (Å²) in [5.41, 5.74) is 2.18. The number of benzene rings is 1. The Kier molecular flexibility index (Phi) is 2.88. The molecule has 0 amide bonds. The zero-order valence-electron chi connectivity index (χ0n) is 8.74. The van der Waals surface area contributed by atoms with Crippen molar-refractivity contribution in [3.8, 4) is 0 Å². The van der Waals surface area contributed by atoms with E-state index in [1.54, 1.807) is 0 Å². The molecular weight excluding hydrogens is 371 g/mol. The SMILES string of the molecule is O=C1C2=C(C=CC[Te]2)C(Cl)(Cl)c2ccccc21. The van der Waals surface area contributed by atoms with Crippen molar-refractivity contribution in [3.63, 3.8) is 0 Å². The first kappa shape index (κ1) is 11.8. The second-order valence-electron chi connectivity index (χ2n) is 3.91. The summed E-state index contributed by atoms with van der Waals surface area (Å²) in [7, 11) is 0. The molecule has 0 fully saturated rings. The van der Waals surface area contributed by atoms with Gasteiger partial charge in [-0.25, -0.2) is 0 Å². The summed E-state index contributed by atoms with van der Waals surface area (Å²) in [6.45, 7) is 0. The zero-order valence-corrected chi connectivity index (χ0v) is 12.6. The van der Waals surface area contributed by atoms with E-state index < -0.39 is 25.3 Å². The standard InChI is InChI=1S/C13H8Cl2OTe/c14-13(15)9-5-2-1-4-8(9)11(16)12-10(13)6-3-7-17-12/h1-6H,7H2. The van der Waals surface area contributed by atoms with Crippen molar-refractivity contribution in [2.24, 2.45) is 0 Å². The third-order valence-corrected chi connectivity index (χ3v) is 6.73. The number of halogens is 2. The maximum absolute atomic E-state index is 12.4. The van der Waals surface area contributed by atoms with E-state index in [-0.39, 0.29) is 5.78 Å². The van der Waals surface area contributed by atoms with Gasteiger partial charge in [0.15, 0.2) is 0 Å². The van der Waals surface area contributed by atoms with Gasteiger partial charge in [-0.1, -0.05) is 0 Å². The van der Waals surface area contributed by atoms with Gasteiger partial charge in [0, 0.05) is 0 Å². The quantitative estimate of drug-likeness (QED) is 0.499. The predicted molar refractivity (Wildman–Crippen MR) is 70.9 cm³/mol. The van der Waals surface area contributed by atoms with Crippen LogP contribution in [-0.4, -0.2) is 26.7 Å². The molecule has 1 nitrogen and oxygen atoms in total. The van der Waals surface area contributed by atoms with E-state index in [2.05, 4.69) is 6.08 Å². The Morgan fingerprint density at radius 2 is 2.00 bits per heavy atom. The van der Waals surface area contributed by atoms with Crippen LogP contribution in [0.1, 0.15) is 15.9 Å². The maximum atomic E-state index is 12.4. The molecule has 0 spiro atoms. The molecule has 17 heavy (non-hydrogen) atoms. The predicted octanol–water partition coefficient (Wildman–Crippen LogP) is 3.46. The monoisotopic (exact) mass is 380 g/mol. The molecule has 1 aromatic rings. The number of hydrogen-bond donors (Lipinski definition) is 0. The van der Waals surface area contributed by atoms with Crippen molar-refractivity contribution in [3.05, 3.63) is 56.7 Å². The number of ketones is 1. The minimum absolute atomic E-state index is 0.124. The molecule has 1 aromatic carbocycles.